The van der Waals surface area contributed by atoms with Crippen molar-refractivity contribution in [1.82, 2.24) is 20.3 Å². The highest BCUT2D eigenvalue weighted by Gasteiger charge is 2.31. The molecule has 0 spiro atoms. The zero-order chi connectivity index (χ0) is 22.8. The van der Waals surface area contributed by atoms with Crippen LogP contribution in [0.2, 0.25) is 0 Å². The maximum atomic E-state index is 14.0. The van der Waals surface area contributed by atoms with E-state index < -0.39 is 36.4 Å². The van der Waals surface area contributed by atoms with Gasteiger partial charge in [0, 0.05) is 17.8 Å². The van der Waals surface area contributed by atoms with Crippen LogP contribution in [-0.2, 0) is 4.79 Å². The van der Waals surface area contributed by atoms with Crippen molar-refractivity contribution in [2.75, 3.05) is 11.9 Å². The van der Waals surface area contributed by atoms with Gasteiger partial charge in [-0.3, -0.25) is 14.9 Å². The van der Waals surface area contributed by atoms with Gasteiger partial charge in [-0.25, -0.2) is 19.3 Å². The van der Waals surface area contributed by atoms with E-state index in [1.165, 1.54) is 13.0 Å². The molecule has 1 aliphatic carbocycles. The Hall–Kier alpha value is -3.31. The van der Waals surface area contributed by atoms with E-state index in [4.69, 9.17) is 0 Å². The number of rotatable bonds is 7. The molecule has 166 valence electrons. The molecule has 1 aliphatic rings. The highest BCUT2D eigenvalue weighted by molar-refractivity contribution is 5.95. The van der Waals surface area contributed by atoms with E-state index in [1.807, 2.05) is 0 Å². The Kier molecular flexibility index (Phi) is 6.37. The van der Waals surface area contributed by atoms with Gasteiger partial charge in [-0.2, -0.15) is 13.2 Å². The van der Waals surface area contributed by atoms with Crippen LogP contribution in [-0.4, -0.2) is 39.5 Å². The Morgan fingerprint density at radius 1 is 1.26 bits per heavy atom. The molecule has 0 aliphatic heterocycles. The Bertz CT molecular complexity index is 995. The Morgan fingerprint density at radius 3 is 2.58 bits per heavy atom. The minimum atomic E-state index is -4.62. The number of nitrogens with one attached hydrogen (secondary N) is 2. The minimum absolute atomic E-state index is 0.00794. The second kappa shape index (κ2) is 8.82. The molecule has 1 fully saturated rings. The Labute approximate surface area is 174 Å². The van der Waals surface area contributed by atoms with Crippen molar-refractivity contribution in [1.29, 1.82) is 0 Å². The van der Waals surface area contributed by atoms with Gasteiger partial charge in [-0.1, -0.05) is 0 Å². The summed E-state index contributed by atoms with van der Waals surface area (Å²) in [7, 11) is 0. The average Bonchev–Trinajstić information content (AvgIpc) is 3.51. The summed E-state index contributed by atoms with van der Waals surface area (Å²) in [5.41, 5.74) is 0.653. The van der Waals surface area contributed by atoms with Crippen molar-refractivity contribution >= 4 is 17.8 Å². The highest BCUT2D eigenvalue weighted by atomic mass is 19.4. The first-order valence-electron chi connectivity index (χ1n) is 9.34. The standard InChI is InChI=1S/C19H19F4N5O3/c1-9-5-14(27-18(25-9)28-15(29)11-3-4-11)16(30)26-10(2)12-6-13(20)17(24-7-12)31-8-19(21,22)23/h5-7,10-11H,3-4,8H2,1-2H3,(H,26,30)(H,25,27,28,29). The number of halogens is 4. The van der Waals surface area contributed by atoms with Crippen LogP contribution in [0.4, 0.5) is 23.5 Å². The van der Waals surface area contributed by atoms with Gasteiger partial charge >= 0.3 is 6.18 Å². The first kappa shape index (κ1) is 22.4. The summed E-state index contributed by atoms with van der Waals surface area (Å²) in [6, 6.07) is 1.60. The van der Waals surface area contributed by atoms with E-state index in [1.54, 1.807) is 6.92 Å². The lowest BCUT2D eigenvalue weighted by atomic mass is 10.1. The van der Waals surface area contributed by atoms with Crippen LogP contribution in [0.3, 0.4) is 0 Å². The van der Waals surface area contributed by atoms with Crippen molar-refractivity contribution < 1.29 is 31.9 Å². The Balaban J connectivity index is 1.66. The smallest absolute Gasteiger partial charge is 0.422 e. The minimum Gasteiger partial charge on any atom is -0.466 e. The van der Waals surface area contributed by atoms with E-state index in [0.717, 1.165) is 25.1 Å². The molecular weight excluding hydrogens is 422 g/mol. The van der Waals surface area contributed by atoms with Gasteiger partial charge in [0.05, 0.1) is 6.04 Å². The van der Waals surface area contributed by atoms with Crippen molar-refractivity contribution in [3.05, 3.63) is 41.1 Å². The molecule has 2 heterocycles. The molecule has 1 atom stereocenters. The lowest BCUT2D eigenvalue weighted by Gasteiger charge is -2.15. The molecule has 8 nitrogen and oxygen atoms in total. The molecule has 2 amide bonds. The largest absolute Gasteiger partial charge is 0.466 e. The molecule has 31 heavy (non-hydrogen) atoms. The summed E-state index contributed by atoms with van der Waals surface area (Å²) < 4.78 is 54.9. The van der Waals surface area contributed by atoms with Crippen molar-refractivity contribution in [3.8, 4) is 5.88 Å². The van der Waals surface area contributed by atoms with E-state index in [2.05, 4.69) is 30.3 Å². The molecule has 0 bridgehead atoms. The molecule has 0 radical (unpaired) electrons. The van der Waals surface area contributed by atoms with Gasteiger partial charge in [0.25, 0.3) is 11.8 Å². The summed E-state index contributed by atoms with van der Waals surface area (Å²) in [5.74, 6) is -2.76. The van der Waals surface area contributed by atoms with Crippen LogP contribution in [0.1, 0.15) is 47.6 Å². The van der Waals surface area contributed by atoms with Gasteiger partial charge in [0.1, 0.15) is 5.69 Å². The number of anilines is 1. The fraction of sp³-hybridized carbons (Fsp3) is 0.421. The molecule has 2 aromatic heterocycles. The summed E-state index contributed by atoms with van der Waals surface area (Å²) in [4.78, 5) is 36.1. The van der Waals surface area contributed by atoms with Crippen LogP contribution in [0, 0.1) is 18.7 Å². The van der Waals surface area contributed by atoms with Gasteiger partial charge < -0.3 is 10.1 Å². The maximum absolute atomic E-state index is 14.0. The predicted octanol–water partition coefficient (Wildman–Crippen LogP) is 3.10. The third-order valence-corrected chi connectivity index (χ3v) is 4.32. The van der Waals surface area contributed by atoms with Crippen LogP contribution in [0.15, 0.2) is 18.3 Å². The molecule has 1 unspecified atom stereocenters. The van der Waals surface area contributed by atoms with Gasteiger partial charge in [-0.05, 0) is 44.4 Å². The van der Waals surface area contributed by atoms with Crippen LogP contribution in [0.5, 0.6) is 5.88 Å². The van der Waals surface area contributed by atoms with Crippen molar-refractivity contribution in [3.63, 3.8) is 0 Å². The number of carbonyl (C=O) groups is 2. The molecule has 12 heteroatoms. The van der Waals surface area contributed by atoms with Crippen LogP contribution in [0.25, 0.3) is 0 Å². The molecule has 2 aromatic rings. The first-order chi connectivity index (χ1) is 14.5. The van der Waals surface area contributed by atoms with Crippen molar-refractivity contribution in [2.45, 2.75) is 38.9 Å². The van der Waals surface area contributed by atoms with Crippen LogP contribution >= 0.6 is 0 Å². The van der Waals surface area contributed by atoms with E-state index in [-0.39, 0.29) is 29.0 Å². The zero-order valence-corrected chi connectivity index (χ0v) is 16.6. The molecule has 0 saturated heterocycles. The summed E-state index contributed by atoms with van der Waals surface area (Å²) in [6.07, 6.45) is -1.92. The molecule has 2 N–H and O–H groups in total. The number of aromatic nitrogens is 3. The maximum Gasteiger partial charge on any atom is 0.422 e. The number of nitrogens with zero attached hydrogens (tertiary/aromatic N) is 3. The van der Waals surface area contributed by atoms with E-state index in [9.17, 15) is 27.2 Å². The highest BCUT2D eigenvalue weighted by Crippen LogP contribution is 2.29. The molecule has 3 rings (SSSR count). The molecular formula is C19H19F4N5O3. The number of hydrogen-bond donors (Lipinski definition) is 2. The lowest BCUT2D eigenvalue weighted by Crippen LogP contribution is -2.28. The third kappa shape index (κ3) is 6.33. The predicted molar refractivity (Wildman–Crippen MR) is 99.7 cm³/mol. The summed E-state index contributed by atoms with van der Waals surface area (Å²) in [5, 5.41) is 5.16. The van der Waals surface area contributed by atoms with Crippen LogP contribution < -0.4 is 15.4 Å². The number of alkyl halides is 3. The number of hydrogen-bond acceptors (Lipinski definition) is 6. The second-order valence-corrected chi connectivity index (χ2v) is 7.14. The quantitative estimate of drug-likeness (QED) is 0.640. The van der Waals surface area contributed by atoms with Gasteiger partial charge in [-0.15, -0.1) is 0 Å². The van der Waals surface area contributed by atoms with Gasteiger partial charge in [0.15, 0.2) is 12.4 Å². The molecule has 1 saturated carbocycles. The monoisotopic (exact) mass is 441 g/mol. The number of carbonyl (C=O) groups excluding carboxylic acids is 2. The van der Waals surface area contributed by atoms with Gasteiger partial charge in [0.2, 0.25) is 11.9 Å². The van der Waals surface area contributed by atoms with Crippen molar-refractivity contribution in [2.24, 2.45) is 5.92 Å². The second-order valence-electron chi connectivity index (χ2n) is 7.14. The summed E-state index contributed by atoms with van der Waals surface area (Å²) in [6.45, 7) is 1.50. The zero-order valence-electron chi connectivity index (χ0n) is 16.6. The molecule has 0 aromatic carbocycles. The Morgan fingerprint density at radius 2 is 1.97 bits per heavy atom. The number of aryl methyl sites for hydroxylation is 1. The average molecular weight is 441 g/mol. The fourth-order valence-corrected chi connectivity index (χ4v) is 2.59. The normalized spacial score (nSPS) is 14.6. The lowest BCUT2D eigenvalue weighted by molar-refractivity contribution is -0.154. The number of ether oxygens (including phenoxy) is 1. The number of amides is 2. The SMILES string of the molecule is Cc1cc(C(=O)NC(C)c2cnc(OCC(F)(F)F)c(F)c2)nc(NC(=O)C2CC2)n1. The van der Waals surface area contributed by atoms with E-state index in [0.29, 0.717) is 5.69 Å². The first-order valence-corrected chi connectivity index (χ1v) is 9.34. The third-order valence-electron chi connectivity index (χ3n) is 4.32. The fourth-order valence-electron chi connectivity index (χ4n) is 2.59. The topological polar surface area (TPSA) is 106 Å². The summed E-state index contributed by atoms with van der Waals surface area (Å²) >= 11 is 0. The van der Waals surface area contributed by atoms with E-state index >= 15 is 0 Å². The number of pyridine rings is 1.